The van der Waals surface area contributed by atoms with Gasteiger partial charge in [0.25, 0.3) is 0 Å². The average Bonchev–Trinajstić information content (AvgIpc) is 2.86. The highest BCUT2D eigenvalue weighted by molar-refractivity contribution is 4.68. The molecule has 0 spiro atoms. The number of rotatable bonds is 24. The molecule has 1 nitrogen and oxygen atoms in total. The van der Waals surface area contributed by atoms with Crippen molar-refractivity contribution in [1.29, 1.82) is 0 Å². The van der Waals surface area contributed by atoms with Gasteiger partial charge in [-0.3, -0.25) is 0 Å². The Morgan fingerprint density at radius 2 is 0.788 bits per heavy atom. The standard InChI is InChI=1S/C32H66N/c1-4-7-9-10-11-12-13-14-15-16-17-18-19-20-21-22-23-27-31-33(6-3,30-8-5-2)32-28-25-24-26-29-32/h32H,4-31H2,1-3H3/q+1. The Bertz CT molecular complexity index is 386. The van der Waals surface area contributed by atoms with E-state index in [1.165, 1.54) is 185 Å². The molecule has 0 radical (unpaired) electrons. The Morgan fingerprint density at radius 3 is 1.18 bits per heavy atom. The van der Waals surface area contributed by atoms with Gasteiger partial charge in [0.1, 0.15) is 0 Å². The fraction of sp³-hybridized carbons (Fsp3) is 1.00. The molecule has 0 aromatic heterocycles. The lowest BCUT2D eigenvalue weighted by Crippen LogP contribution is -2.57. The van der Waals surface area contributed by atoms with Gasteiger partial charge in [-0.2, -0.15) is 0 Å². The van der Waals surface area contributed by atoms with E-state index in [-0.39, 0.29) is 0 Å². The smallest absolute Gasteiger partial charge is 0.0890 e. The van der Waals surface area contributed by atoms with Crippen molar-refractivity contribution in [1.82, 2.24) is 0 Å². The summed E-state index contributed by atoms with van der Waals surface area (Å²) in [4.78, 5) is 0. The molecule has 0 aromatic carbocycles. The minimum Gasteiger partial charge on any atom is -0.321 e. The molecule has 1 rings (SSSR count). The lowest BCUT2D eigenvalue weighted by Gasteiger charge is -2.46. The molecule has 0 heterocycles. The van der Waals surface area contributed by atoms with Crippen LogP contribution in [0.25, 0.3) is 0 Å². The maximum atomic E-state index is 2.49. The molecule has 1 aliphatic carbocycles. The van der Waals surface area contributed by atoms with Gasteiger partial charge in [-0.1, -0.05) is 129 Å². The number of quaternary nitrogens is 1. The van der Waals surface area contributed by atoms with Gasteiger partial charge < -0.3 is 4.48 Å². The van der Waals surface area contributed by atoms with E-state index < -0.39 is 0 Å². The molecule has 33 heavy (non-hydrogen) atoms. The van der Waals surface area contributed by atoms with Crippen LogP contribution in [0.15, 0.2) is 0 Å². The predicted molar refractivity (Wildman–Crippen MR) is 151 cm³/mol. The molecular formula is C32H66N+. The van der Waals surface area contributed by atoms with Crippen molar-refractivity contribution in [3.63, 3.8) is 0 Å². The van der Waals surface area contributed by atoms with Gasteiger partial charge in [-0.25, -0.2) is 0 Å². The summed E-state index contributed by atoms with van der Waals surface area (Å²) in [6.45, 7) is 11.5. The van der Waals surface area contributed by atoms with Crippen molar-refractivity contribution < 1.29 is 4.48 Å². The van der Waals surface area contributed by atoms with E-state index >= 15 is 0 Å². The van der Waals surface area contributed by atoms with E-state index in [2.05, 4.69) is 20.8 Å². The van der Waals surface area contributed by atoms with Crippen molar-refractivity contribution in [2.45, 2.75) is 187 Å². The maximum Gasteiger partial charge on any atom is 0.0890 e. The Morgan fingerprint density at radius 1 is 0.424 bits per heavy atom. The third-order valence-electron chi connectivity index (χ3n) is 8.89. The third-order valence-corrected chi connectivity index (χ3v) is 8.89. The fourth-order valence-corrected chi connectivity index (χ4v) is 6.48. The molecule has 0 bridgehead atoms. The van der Waals surface area contributed by atoms with Crippen molar-refractivity contribution >= 4 is 0 Å². The first-order chi connectivity index (χ1) is 16.3. The second-order valence-electron chi connectivity index (χ2n) is 11.6. The van der Waals surface area contributed by atoms with Crippen molar-refractivity contribution in [3.8, 4) is 0 Å². The summed E-state index contributed by atoms with van der Waals surface area (Å²) < 4.78 is 1.46. The van der Waals surface area contributed by atoms with Gasteiger partial charge in [-0.15, -0.1) is 0 Å². The number of nitrogens with zero attached hydrogens (tertiary/aromatic N) is 1. The molecule has 1 aliphatic rings. The number of hydrogen-bond donors (Lipinski definition) is 0. The van der Waals surface area contributed by atoms with Crippen LogP contribution in [0.4, 0.5) is 0 Å². The summed E-state index contributed by atoms with van der Waals surface area (Å²) in [5.74, 6) is 0. The summed E-state index contributed by atoms with van der Waals surface area (Å²) >= 11 is 0. The minimum atomic E-state index is 0.987. The zero-order valence-corrected chi connectivity index (χ0v) is 23.8. The molecule has 0 saturated heterocycles. The van der Waals surface area contributed by atoms with Crippen molar-refractivity contribution in [3.05, 3.63) is 0 Å². The van der Waals surface area contributed by atoms with Crippen LogP contribution in [0.5, 0.6) is 0 Å². The van der Waals surface area contributed by atoms with E-state index in [1.54, 1.807) is 0 Å². The van der Waals surface area contributed by atoms with Crippen LogP contribution in [0, 0.1) is 0 Å². The summed E-state index contributed by atoms with van der Waals surface area (Å²) in [5, 5.41) is 0. The topological polar surface area (TPSA) is 0 Å². The Labute approximate surface area is 211 Å². The Hall–Kier alpha value is -0.0400. The average molecular weight is 465 g/mol. The van der Waals surface area contributed by atoms with Gasteiger partial charge in [-0.05, 0) is 51.9 Å². The normalized spacial score (nSPS) is 16.8. The summed E-state index contributed by atoms with van der Waals surface area (Å²) in [6, 6.07) is 0.987. The SMILES string of the molecule is CCCCCCCCCCCCCCCCCCCC[N+](CC)(CCCC)C1CCCCC1. The third kappa shape index (κ3) is 15.5. The van der Waals surface area contributed by atoms with Crippen molar-refractivity contribution in [2.75, 3.05) is 19.6 Å². The fourth-order valence-electron chi connectivity index (χ4n) is 6.48. The van der Waals surface area contributed by atoms with Gasteiger partial charge in [0.05, 0.1) is 25.7 Å². The quantitative estimate of drug-likeness (QED) is 0.0983. The molecule has 1 saturated carbocycles. The molecule has 1 fully saturated rings. The number of unbranched alkanes of at least 4 members (excludes halogenated alkanes) is 18. The highest BCUT2D eigenvalue weighted by atomic mass is 15.4. The second kappa shape index (κ2) is 22.4. The molecule has 1 atom stereocenters. The maximum absolute atomic E-state index is 2.49. The first kappa shape index (κ1) is 31.0. The second-order valence-corrected chi connectivity index (χ2v) is 11.6. The molecule has 0 N–H and O–H groups in total. The van der Waals surface area contributed by atoms with Gasteiger partial charge >= 0.3 is 0 Å². The molecular weight excluding hydrogens is 398 g/mol. The van der Waals surface area contributed by atoms with Crippen LogP contribution in [-0.2, 0) is 0 Å². The van der Waals surface area contributed by atoms with Crippen LogP contribution in [-0.4, -0.2) is 30.2 Å². The molecule has 1 unspecified atom stereocenters. The zero-order valence-electron chi connectivity index (χ0n) is 23.8. The zero-order chi connectivity index (χ0) is 23.9. The van der Waals surface area contributed by atoms with Gasteiger partial charge in [0, 0.05) is 0 Å². The summed E-state index contributed by atoms with van der Waals surface area (Å²) in [7, 11) is 0. The Kier molecular flexibility index (Phi) is 21.1. The summed E-state index contributed by atoms with van der Waals surface area (Å²) in [6.07, 6.45) is 36.9. The lowest BCUT2D eigenvalue weighted by atomic mass is 9.91. The molecule has 0 aromatic rings. The largest absolute Gasteiger partial charge is 0.321 e. The molecule has 0 amide bonds. The van der Waals surface area contributed by atoms with E-state index in [0.29, 0.717) is 0 Å². The van der Waals surface area contributed by atoms with Gasteiger partial charge in [0.2, 0.25) is 0 Å². The van der Waals surface area contributed by atoms with Crippen LogP contribution in [0.1, 0.15) is 181 Å². The molecule has 0 aliphatic heterocycles. The molecule has 198 valence electrons. The number of hydrogen-bond acceptors (Lipinski definition) is 0. The van der Waals surface area contributed by atoms with Crippen molar-refractivity contribution in [2.24, 2.45) is 0 Å². The van der Waals surface area contributed by atoms with Crippen LogP contribution in [0.3, 0.4) is 0 Å². The first-order valence-corrected chi connectivity index (χ1v) is 16.1. The van der Waals surface area contributed by atoms with E-state index in [1.807, 2.05) is 0 Å². The first-order valence-electron chi connectivity index (χ1n) is 16.1. The predicted octanol–water partition coefficient (Wildman–Crippen LogP) is 11.0. The van der Waals surface area contributed by atoms with Gasteiger partial charge in [0.15, 0.2) is 0 Å². The van der Waals surface area contributed by atoms with Crippen LogP contribution in [0.2, 0.25) is 0 Å². The van der Waals surface area contributed by atoms with E-state index in [0.717, 1.165) is 6.04 Å². The van der Waals surface area contributed by atoms with E-state index in [9.17, 15) is 0 Å². The molecule has 1 heteroatoms. The minimum absolute atomic E-state index is 0.987. The monoisotopic (exact) mass is 465 g/mol. The summed E-state index contributed by atoms with van der Waals surface area (Å²) in [5.41, 5.74) is 0. The van der Waals surface area contributed by atoms with E-state index in [4.69, 9.17) is 0 Å². The lowest BCUT2D eigenvalue weighted by molar-refractivity contribution is -0.951. The van der Waals surface area contributed by atoms with Crippen LogP contribution >= 0.6 is 0 Å². The highest BCUT2D eigenvalue weighted by Crippen LogP contribution is 2.30. The Balaban J connectivity index is 1.95. The highest BCUT2D eigenvalue weighted by Gasteiger charge is 2.35. The van der Waals surface area contributed by atoms with Crippen LogP contribution < -0.4 is 0 Å².